The summed E-state index contributed by atoms with van der Waals surface area (Å²) >= 11 is 0.802. The van der Waals surface area contributed by atoms with Crippen LogP contribution in [0.25, 0.3) is 0 Å². The van der Waals surface area contributed by atoms with Gasteiger partial charge in [0.15, 0.2) is 5.16 Å². The molecule has 3 nitrogen and oxygen atoms in total. The lowest BCUT2D eigenvalue weighted by molar-refractivity contribution is -0.291. The minimum absolute atomic E-state index is 0.188. The van der Waals surface area contributed by atoms with E-state index in [9.17, 15) is 26.7 Å². The molecule has 0 atom stereocenters. The van der Waals surface area contributed by atoms with E-state index >= 15 is 0 Å². The zero-order valence-corrected chi connectivity index (χ0v) is 9.49. The average Bonchev–Trinajstić information content (AvgIpc) is 2.20. The first kappa shape index (κ1) is 13.9. The van der Waals surface area contributed by atoms with Crippen LogP contribution in [0.1, 0.15) is 5.69 Å². The molecule has 0 aromatic carbocycles. The van der Waals surface area contributed by atoms with Crippen molar-refractivity contribution in [1.29, 1.82) is 0 Å². The molecule has 0 fully saturated rings. The Labute approximate surface area is 96.7 Å². The van der Waals surface area contributed by atoms with E-state index in [-0.39, 0.29) is 11.2 Å². The van der Waals surface area contributed by atoms with Crippen LogP contribution < -0.4 is 5.56 Å². The van der Waals surface area contributed by atoms with E-state index in [0.29, 0.717) is 0 Å². The van der Waals surface area contributed by atoms with Crippen molar-refractivity contribution in [1.82, 2.24) is 9.55 Å². The molecule has 9 heteroatoms. The molecule has 0 saturated carbocycles. The van der Waals surface area contributed by atoms with Crippen molar-refractivity contribution in [3.8, 4) is 0 Å². The summed E-state index contributed by atoms with van der Waals surface area (Å²) in [5.74, 6) is -5.13. The van der Waals surface area contributed by atoms with E-state index in [1.165, 1.54) is 13.3 Å². The van der Waals surface area contributed by atoms with E-state index in [0.717, 1.165) is 16.3 Å². The van der Waals surface area contributed by atoms with Gasteiger partial charge in [0, 0.05) is 13.1 Å². The summed E-state index contributed by atoms with van der Waals surface area (Å²) in [5.41, 5.74) is -2.55. The topological polar surface area (TPSA) is 34.9 Å². The molecular weight excluding hydrogens is 267 g/mol. The molecule has 1 aromatic rings. The van der Waals surface area contributed by atoms with Crippen molar-refractivity contribution >= 4 is 11.8 Å². The smallest absolute Gasteiger partial charge is 0.291 e. The summed E-state index contributed by atoms with van der Waals surface area (Å²) in [6.45, 7) is 0. The Kier molecular flexibility index (Phi) is 3.51. The second-order valence-electron chi connectivity index (χ2n) is 3.10. The lowest BCUT2D eigenvalue weighted by Crippen LogP contribution is -2.36. The van der Waals surface area contributed by atoms with Crippen LogP contribution in [0.2, 0.25) is 0 Å². The third kappa shape index (κ3) is 2.43. The van der Waals surface area contributed by atoms with Gasteiger partial charge in [-0.15, -0.1) is 0 Å². The highest BCUT2D eigenvalue weighted by Crippen LogP contribution is 2.42. The number of hydrogen-bond donors (Lipinski definition) is 0. The van der Waals surface area contributed by atoms with Gasteiger partial charge in [-0.05, 0) is 6.26 Å². The predicted molar refractivity (Wildman–Crippen MR) is 51.2 cm³/mol. The van der Waals surface area contributed by atoms with Crippen molar-refractivity contribution < 1.29 is 22.0 Å². The lowest BCUT2D eigenvalue weighted by Gasteiger charge is -2.19. The Morgan fingerprint density at radius 1 is 1.29 bits per heavy atom. The SMILES string of the molecule is CSc1nc(C(F)(F)C(F)(F)F)cc(=O)n1C. The fourth-order valence-electron chi connectivity index (χ4n) is 1.01. The number of halogens is 5. The van der Waals surface area contributed by atoms with Crippen molar-refractivity contribution in [2.24, 2.45) is 7.05 Å². The number of rotatable bonds is 2. The molecule has 17 heavy (non-hydrogen) atoms. The van der Waals surface area contributed by atoms with E-state index < -0.39 is 23.4 Å². The van der Waals surface area contributed by atoms with E-state index in [1.54, 1.807) is 0 Å². The Hall–Kier alpha value is -1.12. The van der Waals surface area contributed by atoms with Crippen LogP contribution in [-0.2, 0) is 13.0 Å². The number of aromatic nitrogens is 2. The molecule has 1 aromatic heterocycles. The number of alkyl halides is 5. The maximum atomic E-state index is 12.9. The van der Waals surface area contributed by atoms with E-state index in [2.05, 4.69) is 4.98 Å². The molecule has 1 heterocycles. The standard InChI is InChI=1S/C8H7F5N2OS/c1-15-5(16)3-4(14-6(15)17-2)7(9,10)8(11,12)13/h3H,1-2H3. The molecule has 0 radical (unpaired) electrons. The zero-order chi connectivity index (χ0) is 13.4. The second kappa shape index (κ2) is 4.28. The number of thioether (sulfide) groups is 1. The van der Waals surface area contributed by atoms with Gasteiger partial charge in [-0.2, -0.15) is 22.0 Å². The van der Waals surface area contributed by atoms with E-state index in [1.807, 2.05) is 0 Å². The van der Waals surface area contributed by atoms with Crippen molar-refractivity contribution in [3.05, 3.63) is 22.1 Å². The first-order valence-corrected chi connectivity index (χ1v) is 5.41. The fourth-order valence-corrected chi connectivity index (χ4v) is 1.56. The van der Waals surface area contributed by atoms with Crippen molar-refractivity contribution in [2.75, 3.05) is 6.26 Å². The van der Waals surface area contributed by atoms with Crippen LogP contribution in [0, 0.1) is 0 Å². The molecular formula is C8H7F5N2OS. The second-order valence-corrected chi connectivity index (χ2v) is 3.87. The largest absolute Gasteiger partial charge is 0.459 e. The molecule has 1 rings (SSSR count). The van der Waals surface area contributed by atoms with Crippen molar-refractivity contribution in [2.45, 2.75) is 17.3 Å². The summed E-state index contributed by atoms with van der Waals surface area (Å²) in [5, 5.41) is -0.212. The number of nitrogens with zero attached hydrogens (tertiary/aromatic N) is 2. The van der Waals surface area contributed by atoms with Gasteiger partial charge < -0.3 is 0 Å². The Morgan fingerprint density at radius 3 is 2.24 bits per heavy atom. The van der Waals surface area contributed by atoms with Gasteiger partial charge in [-0.25, -0.2) is 4.98 Å². The predicted octanol–water partition coefficient (Wildman–Crippen LogP) is 2.16. The van der Waals surface area contributed by atoms with Crippen LogP contribution in [-0.4, -0.2) is 22.0 Å². The lowest BCUT2D eigenvalue weighted by atomic mass is 10.2. The van der Waals surface area contributed by atoms with Crippen LogP contribution in [0.4, 0.5) is 22.0 Å². The fraction of sp³-hybridized carbons (Fsp3) is 0.500. The molecule has 0 aliphatic rings. The van der Waals surface area contributed by atoms with Gasteiger partial charge in [0.1, 0.15) is 5.69 Å². The highest BCUT2D eigenvalue weighted by atomic mass is 32.2. The average molecular weight is 274 g/mol. The minimum Gasteiger partial charge on any atom is -0.291 e. The third-order valence-corrected chi connectivity index (χ3v) is 2.68. The molecule has 0 unspecified atom stereocenters. The molecule has 0 amide bonds. The van der Waals surface area contributed by atoms with Gasteiger partial charge in [-0.1, -0.05) is 11.8 Å². The maximum absolute atomic E-state index is 12.9. The summed E-state index contributed by atoms with van der Waals surface area (Å²) in [6.07, 6.45) is -4.36. The Balaban J connectivity index is 3.44. The van der Waals surface area contributed by atoms with Crippen LogP contribution in [0.15, 0.2) is 16.0 Å². The molecule has 0 aliphatic carbocycles. The highest BCUT2D eigenvalue weighted by molar-refractivity contribution is 7.98. The first-order chi connectivity index (χ1) is 7.61. The molecule has 0 N–H and O–H groups in total. The molecule has 96 valence electrons. The number of hydrogen-bond acceptors (Lipinski definition) is 3. The van der Waals surface area contributed by atoms with Gasteiger partial charge in [0.25, 0.3) is 5.56 Å². The Morgan fingerprint density at radius 2 is 1.82 bits per heavy atom. The molecule has 0 spiro atoms. The van der Waals surface area contributed by atoms with Crippen LogP contribution in [0.3, 0.4) is 0 Å². The molecule has 0 bridgehead atoms. The van der Waals surface area contributed by atoms with E-state index in [4.69, 9.17) is 0 Å². The highest BCUT2D eigenvalue weighted by Gasteiger charge is 2.60. The monoisotopic (exact) mass is 274 g/mol. The van der Waals surface area contributed by atoms with Gasteiger partial charge in [0.2, 0.25) is 0 Å². The van der Waals surface area contributed by atoms with Crippen LogP contribution in [0.5, 0.6) is 0 Å². The summed E-state index contributed by atoms with van der Waals surface area (Å²) in [6, 6.07) is 0.188. The minimum atomic E-state index is -5.78. The summed E-state index contributed by atoms with van der Waals surface area (Å²) in [7, 11) is 1.23. The maximum Gasteiger partial charge on any atom is 0.459 e. The third-order valence-electron chi connectivity index (χ3n) is 1.95. The molecule has 0 saturated heterocycles. The first-order valence-electron chi connectivity index (χ1n) is 4.18. The van der Waals surface area contributed by atoms with Gasteiger partial charge in [0.05, 0.1) is 0 Å². The summed E-state index contributed by atoms with van der Waals surface area (Å²) < 4.78 is 63.0. The molecule has 0 aliphatic heterocycles. The quantitative estimate of drug-likeness (QED) is 0.471. The summed E-state index contributed by atoms with van der Waals surface area (Å²) in [4.78, 5) is 14.3. The Bertz CT molecular complexity index is 482. The van der Waals surface area contributed by atoms with Gasteiger partial charge >= 0.3 is 12.1 Å². The zero-order valence-electron chi connectivity index (χ0n) is 8.68. The van der Waals surface area contributed by atoms with Crippen molar-refractivity contribution in [3.63, 3.8) is 0 Å². The normalized spacial score (nSPS) is 12.9. The van der Waals surface area contributed by atoms with Crippen LogP contribution >= 0.6 is 11.8 Å². The van der Waals surface area contributed by atoms with Gasteiger partial charge in [-0.3, -0.25) is 9.36 Å².